The molecule has 4 N–H and O–H groups in total. The number of nitrogens with zero attached hydrogens (tertiary/aromatic N) is 1. The van der Waals surface area contributed by atoms with Crippen molar-refractivity contribution in [2.45, 2.75) is 0 Å². The summed E-state index contributed by atoms with van der Waals surface area (Å²) < 4.78 is 0. The number of carboxylic acid groups (broad SMARTS) is 1. The summed E-state index contributed by atoms with van der Waals surface area (Å²) in [7, 11) is 0. The van der Waals surface area contributed by atoms with Crippen molar-refractivity contribution in [3.63, 3.8) is 0 Å². The smallest absolute Gasteiger partial charge is 0.339 e. The average molecular weight is 274 g/mol. The van der Waals surface area contributed by atoms with E-state index in [2.05, 4.69) is 10.3 Å². The molecule has 20 heavy (non-hydrogen) atoms. The summed E-state index contributed by atoms with van der Waals surface area (Å²) in [6.45, 7) is 0. The molecule has 0 fully saturated rings. The van der Waals surface area contributed by atoms with Gasteiger partial charge in [-0.1, -0.05) is 0 Å². The molecule has 0 atom stereocenters. The molecule has 0 aliphatic carbocycles. The van der Waals surface area contributed by atoms with E-state index in [1.807, 2.05) is 0 Å². The summed E-state index contributed by atoms with van der Waals surface area (Å²) in [5.74, 6) is -2.71. The number of hydrogen-bond acceptors (Lipinski definition) is 5. The van der Waals surface area contributed by atoms with E-state index in [4.69, 9.17) is 5.11 Å². The number of benzene rings is 1. The van der Waals surface area contributed by atoms with Gasteiger partial charge in [-0.15, -0.1) is 0 Å². The second kappa shape index (κ2) is 5.27. The van der Waals surface area contributed by atoms with Gasteiger partial charge in [-0.25, -0.2) is 9.78 Å². The van der Waals surface area contributed by atoms with Crippen molar-refractivity contribution in [1.29, 1.82) is 0 Å². The molecular weight excluding hydrogens is 264 g/mol. The maximum Gasteiger partial charge on any atom is 0.339 e. The highest BCUT2D eigenvalue weighted by Gasteiger charge is 2.15. The molecule has 7 heteroatoms. The lowest BCUT2D eigenvalue weighted by atomic mass is 10.1. The molecule has 0 saturated heterocycles. The monoisotopic (exact) mass is 274 g/mol. The Bertz CT molecular complexity index is 684. The van der Waals surface area contributed by atoms with Crippen LogP contribution in [0.5, 0.6) is 11.5 Å². The maximum atomic E-state index is 11.9. The van der Waals surface area contributed by atoms with Gasteiger partial charge in [0.25, 0.3) is 5.91 Å². The van der Waals surface area contributed by atoms with Gasteiger partial charge in [0.1, 0.15) is 17.1 Å². The molecule has 0 saturated carbocycles. The number of hydrogen-bond donors (Lipinski definition) is 4. The van der Waals surface area contributed by atoms with E-state index in [0.29, 0.717) is 0 Å². The van der Waals surface area contributed by atoms with Crippen LogP contribution >= 0.6 is 0 Å². The minimum absolute atomic E-state index is 0.162. The van der Waals surface area contributed by atoms with Gasteiger partial charge in [0.15, 0.2) is 5.69 Å². The first-order valence-corrected chi connectivity index (χ1v) is 5.50. The van der Waals surface area contributed by atoms with E-state index in [9.17, 15) is 19.8 Å². The normalized spacial score (nSPS) is 10.0. The third kappa shape index (κ3) is 2.66. The Morgan fingerprint density at radius 2 is 1.85 bits per heavy atom. The molecule has 0 aliphatic rings. The van der Waals surface area contributed by atoms with Crippen LogP contribution in [0.3, 0.4) is 0 Å². The van der Waals surface area contributed by atoms with Crippen molar-refractivity contribution < 1.29 is 24.9 Å². The van der Waals surface area contributed by atoms with Gasteiger partial charge in [-0.2, -0.15) is 0 Å². The minimum Gasteiger partial charge on any atom is -0.507 e. The third-order valence-electron chi connectivity index (χ3n) is 2.49. The van der Waals surface area contributed by atoms with Crippen LogP contribution in [0.2, 0.25) is 0 Å². The molecular formula is C13H10N2O5. The van der Waals surface area contributed by atoms with E-state index in [0.717, 1.165) is 12.1 Å². The molecule has 0 bridgehead atoms. The predicted molar refractivity (Wildman–Crippen MR) is 68.9 cm³/mol. The summed E-state index contributed by atoms with van der Waals surface area (Å²) in [5, 5.41) is 30.1. The Morgan fingerprint density at radius 1 is 1.10 bits per heavy atom. The van der Waals surface area contributed by atoms with Gasteiger partial charge in [0.2, 0.25) is 0 Å². The standard InChI is InChI=1S/C13H10N2O5/c16-9-4-3-7(6-8(9)13(19)20)15-12(18)11-10(17)2-1-5-14-11/h1-6,16-17H,(H,15,18)(H,19,20). The number of aromatic hydroxyl groups is 2. The molecule has 0 aliphatic heterocycles. The van der Waals surface area contributed by atoms with Crippen molar-refractivity contribution >= 4 is 17.6 Å². The molecule has 2 rings (SSSR count). The Morgan fingerprint density at radius 3 is 2.50 bits per heavy atom. The van der Waals surface area contributed by atoms with E-state index < -0.39 is 17.6 Å². The quantitative estimate of drug-likeness (QED) is 0.629. The largest absolute Gasteiger partial charge is 0.507 e. The van der Waals surface area contributed by atoms with E-state index in [1.54, 1.807) is 0 Å². The first-order valence-electron chi connectivity index (χ1n) is 5.50. The number of rotatable bonds is 3. The number of phenols is 1. The second-order valence-corrected chi connectivity index (χ2v) is 3.86. The summed E-state index contributed by atoms with van der Waals surface area (Å²) >= 11 is 0. The third-order valence-corrected chi connectivity index (χ3v) is 2.49. The van der Waals surface area contributed by atoms with Crippen LogP contribution in [0, 0.1) is 0 Å². The van der Waals surface area contributed by atoms with Crippen molar-refractivity contribution in [2.75, 3.05) is 5.32 Å². The zero-order valence-corrected chi connectivity index (χ0v) is 10.1. The Kier molecular flexibility index (Phi) is 3.52. The van der Waals surface area contributed by atoms with Gasteiger partial charge >= 0.3 is 5.97 Å². The van der Waals surface area contributed by atoms with Gasteiger partial charge in [0.05, 0.1) is 0 Å². The molecule has 7 nitrogen and oxygen atoms in total. The lowest BCUT2D eigenvalue weighted by Crippen LogP contribution is -2.14. The first-order chi connectivity index (χ1) is 9.49. The van der Waals surface area contributed by atoms with E-state index in [-0.39, 0.29) is 22.7 Å². The van der Waals surface area contributed by atoms with E-state index in [1.165, 1.54) is 24.4 Å². The number of aromatic carboxylic acids is 1. The predicted octanol–water partition coefficient (Wildman–Crippen LogP) is 1.44. The lowest BCUT2D eigenvalue weighted by Gasteiger charge is -2.07. The number of pyridine rings is 1. The van der Waals surface area contributed by atoms with Crippen molar-refractivity contribution in [3.05, 3.63) is 47.8 Å². The van der Waals surface area contributed by atoms with Crippen LogP contribution in [0.1, 0.15) is 20.8 Å². The number of nitrogens with one attached hydrogen (secondary N) is 1. The zero-order chi connectivity index (χ0) is 14.7. The van der Waals surface area contributed by atoms with Gasteiger partial charge in [-0.05, 0) is 30.3 Å². The minimum atomic E-state index is -1.32. The fraction of sp³-hybridized carbons (Fsp3) is 0. The average Bonchev–Trinajstić information content (AvgIpc) is 2.41. The maximum absolute atomic E-state index is 11.9. The Balaban J connectivity index is 2.27. The molecule has 1 aromatic heterocycles. The van der Waals surface area contributed by atoms with Crippen molar-refractivity contribution in [1.82, 2.24) is 4.98 Å². The van der Waals surface area contributed by atoms with Crippen molar-refractivity contribution in [3.8, 4) is 11.5 Å². The molecule has 0 unspecified atom stereocenters. The van der Waals surface area contributed by atoms with Crippen LogP contribution in [0.15, 0.2) is 36.5 Å². The zero-order valence-electron chi connectivity index (χ0n) is 10.1. The Labute approximate surface area is 113 Å². The van der Waals surface area contributed by atoms with Crippen LogP contribution in [0.25, 0.3) is 0 Å². The highest BCUT2D eigenvalue weighted by atomic mass is 16.4. The lowest BCUT2D eigenvalue weighted by molar-refractivity contribution is 0.0693. The number of carbonyl (C=O) groups is 2. The van der Waals surface area contributed by atoms with E-state index >= 15 is 0 Å². The molecule has 1 amide bonds. The van der Waals surface area contributed by atoms with Gasteiger partial charge < -0.3 is 20.6 Å². The molecule has 0 radical (unpaired) electrons. The summed E-state index contributed by atoms with van der Waals surface area (Å²) in [4.78, 5) is 26.4. The fourth-order valence-corrected chi connectivity index (χ4v) is 1.55. The molecule has 0 spiro atoms. The van der Waals surface area contributed by atoms with Crippen LogP contribution in [0.4, 0.5) is 5.69 Å². The summed E-state index contributed by atoms with van der Waals surface area (Å²) in [5.41, 5.74) is -0.360. The summed E-state index contributed by atoms with van der Waals surface area (Å²) in [6.07, 6.45) is 1.34. The van der Waals surface area contributed by atoms with Crippen molar-refractivity contribution in [2.24, 2.45) is 0 Å². The topological polar surface area (TPSA) is 120 Å². The Hall–Kier alpha value is -3.09. The number of aromatic nitrogens is 1. The van der Waals surface area contributed by atoms with Gasteiger partial charge in [-0.3, -0.25) is 4.79 Å². The molecule has 2 aromatic rings. The first kappa shape index (κ1) is 13.3. The summed E-state index contributed by atoms with van der Waals surface area (Å²) in [6, 6.07) is 6.36. The molecule has 1 aromatic carbocycles. The fourth-order valence-electron chi connectivity index (χ4n) is 1.55. The number of carbonyl (C=O) groups excluding carboxylic acids is 1. The highest BCUT2D eigenvalue weighted by molar-refractivity contribution is 6.05. The molecule has 102 valence electrons. The van der Waals surface area contributed by atoms with Crippen LogP contribution in [-0.2, 0) is 0 Å². The highest BCUT2D eigenvalue weighted by Crippen LogP contribution is 2.22. The SMILES string of the molecule is O=C(O)c1cc(NC(=O)c2ncccc2O)ccc1O. The number of amides is 1. The number of carboxylic acids is 1. The second-order valence-electron chi connectivity index (χ2n) is 3.86. The molecule has 1 heterocycles. The van der Waals surface area contributed by atoms with Crippen LogP contribution < -0.4 is 5.32 Å². The number of anilines is 1. The van der Waals surface area contributed by atoms with Gasteiger partial charge in [0, 0.05) is 11.9 Å². The van der Waals surface area contributed by atoms with Crippen LogP contribution in [-0.4, -0.2) is 32.2 Å².